The van der Waals surface area contributed by atoms with Crippen LogP contribution in [-0.4, -0.2) is 86.8 Å². The third kappa shape index (κ3) is 4.96. The number of sulfone groups is 1. The summed E-state index contributed by atoms with van der Waals surface area (Å²) in [7, 11) is -2.86. The van der Waals surface area contributed by atoms with E-state index in [9.17, 15) is 18.0 Å². The molecule has 8 nitrogen and oxygen atoms in total. The summed E-state index contributed by atoms with van der Waals surface area (Å²) >= 11 is 0. The van der Waals surface area contributed by atoms with Crippen LogP contribution in [0.2, 0.25) is 0 Å². The highest BCUT2D eigenvalue weighted by Crippen LogP contribution is 2.23. The first kappa shape index (κ1) is 20.3. The van der Waals surface area contributed by atoms with Gasteiger partial charge in [0.2, 0.25) is 11.8 Å². The number of benzene rings is 1. The van der Waals surface area contributed by atoms with Crippen LogP contribution in [0.25, 0.3) is 0 Å². The van der Waals surface area contributed by atoms with E-state index in [0.29, 0.717) is 18.7 Å². The summed E-state index contributed by atoms with van der Waals surface area (Å²) in [5, 5.41) is 2.92. The third-order valence-corrected chi connectivity index (χ3v) is 7.79. The highest BCUT2D eigenvalue weighted by Gasteiger charge is 2.33. The Morgan fingerprint density at radius 3 is 2.38 bits per heavy atom. The summed E-state index contributed by atoms with van der Waals surface area (Å²) in [6, 6.07) is 7.53. The minimum absolute atomic E-state index is 0.0631. The molecule has 29 heavy (non-hydrogen) atoms. The van der Waals surface area contributed by atoms with E-state index in [-0.39, 0.29) is 23.6 Å². The predicted octanol–water partition coefficient (Wildman–Crippen LogP) is 0.557. The van der Waals surface area contributed by atoms with E-state index >= 15 is 0 Å². The molecule has 3 aliphatic heterocycles. The first-order valence-electron chi connectivity index (χ1n) is 10.3. The van der Waals surface area contributed by atoms with Crippen LogP contribution in [0.5, 0.6) is 0 Å². The van der Waals surface area contributed by atoms with Gasteiger partial charge in [-0.2, -0.15) is 0 Å². The van der Waals surface area contributed by atoms with E-state index in [1.807, 2.05) is 24.3 Å². The first-order chi connectivity index (χ1) is 13.9. The molecule has 0 spiro atoms. The highest BCUT2D eigenvalue weighted by atomic mass is 32.2. The van der Waals surface area contributed by atoms with E-state index in [1.165, 1.54) is 0 Å². The first-order valence-corrected chi connectivity index (χ1v) is 12.1. The minimum Gasteiger partial charge on any atom is -0.325 e. The predicted molar refractivity (Wildman–Crippen MR) is 112 cm³/mol. The topological polar surface area (TPSA) is 90.0 Å². The highest BCUT2D eigenvalue weighted by molar-refractivity contribution is 7.91. The molecule has 1 N–H and O–H groups in total. The fourth-order valence-corrected chi connectivity index (χ4v) is 6.16. The van der Waals surface area contributed by atoms with Crippen molar-refractivity contribution in [3.8, 4) is 0 Å². The van der Waals surface area contributed by atoms with Crippen LogP contribution >= 0.6 is 0 Å². The maximum Gasteiger partial charge on any atom is 0.238 e. The molecular formula is C20H28N4O4S. The largest absolute Gasteiger partial charge is 0.325 e. The van der Waals surface area contributed by atoms with E-state index in [2.05, 4.69) is 15.1 Å². The number of carbonyl (C=O) groups is 2. The molecule has 0 saturated carbocycles. The van der Waals surface area contributed by atoms with Gasteiger partial charge in [-0.1, -0.05) is 0 Å². The standard InChI is InChI=1S/C20H28N4O4S/c25-19(21-16-3-5-17(6-4-16)24-8-1-2-20(24)26)14-22-9-11-23(12-10-22)18-7-13-29(27,28)15-18/h3-6,18H,1-2,7-15H2,(H,21,25). The lowest BCUT2D eigenvalue weighted by molar-refractivity contribution is -0.118. The Bertz CT molecular complexity index is 863. The molecule has 1 aromatic rings. The third-order valence-electron chi connectivity index (χ3n) is 6.04. The van der Waals surface area contributed by atoms with Crippen molar-refractivity contribution >= 4 is 33.0 Å². The van der Waals surface area contributed by atoms with E-state index in [4.69, 9.17) is 0 Å². The number of nitrogens with zero attached hydrogens (tertiary/aromatic N) is 3. The number of nitrogens with one attached hydrogen (secondary N) is 1. The summed E-state index contributed by atoms with van der Waals surface area (Å²) in [5.41, 5.74) is 1.59. The average molecular weight is 421 g/mol. The summed E-state index contributed by atoms with van der Waals surface area (Å²) in [4.78, 5) is 30.3. The smallest absolute Gasteiger partial charge is 0.238 e. The van der Waals surface area contributed by atoms with Crippen LogP contribution in [0.15, 0.2) is 24.3 Å². The zero-order chi connectivity index (χ0) is 20.4. The van der Waals surface area contributed by atoms with Crippen LogP contribution in [-0.2, 0) is 19.4 Å². The molecule has 0 aliphatic carbocycles. The second-order valence-electron chi connectivity index (χ2n) is 8.11. The molecule has 3 saturated heterocycles. The van der Waals surface area contributed by atoms with Gasteiger partial charge in [-0.3, -0.25) is 19.4 Å². The van der Waals surface area contributed by atoms with Gasteiger partial charge in [0.25, 0.3) is 0 Å². The average Bonchev–Trinajstić information content (AvgIpc) is 3.28. The number of anilines is 2. The molecule has 0 aromatic heterocycles. The van der Waals surface area contributed by atoms with Crippen molar-refractivity contribution in [2.24, 2.45) is 0 Å². The molecule has 1 aromatic carbocycles. The van der Waals surface area contributed by atoms with Gasteiger partial charge >= 0.3 is 0 Å². The van der Waals surface area contributed by atoms with E-state index in [1.54, 1.807) is 4.90 Å². The Hall–Kier alpha value is -1.97. The Morgan fingerprint density at radius 2 is 1.79 bits per heavy atom. The monoisotopic (exact) mass is 420 g/mol. The molecule has 158 valence electrons. The molecule has 3 aliphatic rings. The summed E-state index contributed by atoms with van der Waals surface area (Å²) in [5.74, 6) is 0.653. The Kier molecular flexibility index (Phi) is 5.89. The number of piperazine rings is 1. The summed E-state index contributed by atoms with van der Waals surface area (Å²) in [6.07, 6.45) is 2.21. The van der Waals surface area contributed by atoms with Gasteiger partial charge in [0.05, 0.1) is 18.1 Å². The van der Waals surface area contributed by atoms with Crippen molar-refractivity contribution in [3.63, 3.8) is 0 Å². The quantitative estimate of drug-likeness (QED) is 0.749. The van der Waals surface area contributed by atoms with Crippen molar-refractivity contribution in [3.05, 3.63) is 24.3 Å². The minimum atomic E-state index is -2.86. The maximum atomic E-state index is 12.4. The van der Waals surface area contributed by atoms with Gasteiger partial charge in [0, 0.05) is 56.6 Å². The molecule has 9 heteroatoms. The van der Waals surface area contributed by atoms with Gasteiger partial charge in [-0.25, -0.2) is 8.42 Å². The van der Waals surface area contributed by atoms with Crippen molar-refractivity contribution in [1.29, 1.82) is 0 Å². The molecule has 0 bridgehead atoms. The Balaban J connectivity index is 1.23. The SMILES string of the molecule is O=C(CN1CCN(C2CCS(=O)(=O)C2)CC1)Nc1ccc(N2CCCC2=O)cc1. The molecule has 1 atom stereocenters. The normalized spacial score (nSPS) is 25.4. The van der Waals surface area contributed by atoms with Crippen LogP contribution in [0.4, 0.5) is 11.4 Å². The van der Waals surface area contributed by atoms with Gasteiger partial charge < -0.3 is 10.2 Å². The molecular weight excluding hydrogens is 392 g/mol. The number of hydrogen-bond donors (Lipinski definition) is 1. The molecule has 3 fully saturated rings. The number of carbonyl (C=O) groups excluding carboxylic acids is 2. The lowest BCUT2D eigenvalue weighted by atomic mass is 10.2. The fraction of sp³-hybridized carbons (Fsp3) is 0.600. The molecule has 4 rings (SSSR count). The lowest BCUT2D eigenvalue weighted by Gasteiger charge is -2.37. The molecule has 3 heterocycles. The number of hydrogen-bond acceptors (Lipinski definition) is 6. The van der Waals surface area contributed by atoms with Gasteiger partial charge in [0.1, 0.15) is 0 Å². The second kappa shape index (κ2) is 8.41. The van der Waals surface area contributed by atoms with Crippen molar-refractivity contribution in [2.45, 2.75) is 25.3 Å². The van der Waals surface area contributed by atoms with E-state index < -0.39 is 9.84 Å². The van der Waals surface area contributed by atoms with Gasteiger partial charge in [-0.05, 0) is 37.1 Å². The maximum absolute atomic E-state index is 12.4. The fourth-order valence-electron chi connectivity index (χ4n) is 4.40. The van der Waals surface area contributed by atoms with Crippen LogP contribution < -0.4 is 10.2 Å². The molecule has 0 radical (unpaired) electrons. The van der Waals surface area contributed by atoms with Crippen LogP contribution in [0, 0.1) is 0 Å². The van der Waals surface area contributed by atoms with Crippen LogP contribution in [0.1, 0.15) is 19.3 Å². The van der Waals surface area contributed by atoms with Crippen LogP contribution in [0.3, 0.4) is 0 Å². The molecule has 1 unspecified atom stereocenters. The number of amides is 2. The Labute approximate surface area is 171 Å². The zero-order valence-electron chi connectivity index (χ0n) is 16.5. The lowest BCUT2D eigenvalue weighted by Crippen LogP contribution is -2.52. The van der Waals surface area contributed by atoms with Gasteiger partial charge in [0.15, 0.2) is 9.84 Å². The zero-order valence-corrected chi connectivity index (χ0v) is 17.4. The van der Waals surface area contributed by atoms with Crippen molar-refractivity contribution < 1.29 is 18.0 Å². The molecule has 2 amide bonds. The van der Waals surface area contributed by atoms with Crippen molar-refractivity contribution in [2.75, 3.05) is 61.0 Å². The van der Waals surface area contributed by atoms with E-state index in [0.717, 1.165) is 56.9 Å². The van der Waals surface area contributed by atoms with Gasteiger partial charge in [-0.15, -0.1) is 0 Å². The second-order valence-corrected chi connectivity index (χ2v) is 10.3. The number of rotatable bonds is 5. The summed E-state index contributed by atoms with van der Waals surface area (Å²) < 4.78 is 23.3. The Morgan fingerprint density at radius 1 is 1.07 bits per heavy atom. The van der Waals surface area contributed by atoms with Crippen molar-refractivity contribution in [1.82, 2.24) is 9.80 Å². The summed E-state index contributed by atoms with van der Waals surface area (Å²) in [6.45, 7) is 4.20.